The first-order valence-corrected chi connectivity index (χ1v) is 9.28. The van der Waals surface area contributed by atoms with Crippen LogP contribution in [0.3, 0.4) is 0 Å². The molecule has 0 heterocycles. The van der Waals surface area contributed by atoms with Gasteiger partial charge in [-0.25, -0.2) is 13.2 Å². The van der Waals surface area contributed by atoms with Crippen LogP contribution in [0.2, 0.25) is 0 Å². The van der Waals surface area contributed by atoms with Gasteiger partial charge in [0.2, 0.25) is 5.78 Å². The first kappa shape index (κ1) is 18.7. The first-order valence-electron chi connectivity index (χ1n) is 7.79. The molecule has 0 unspecified atom stereocenters. The van der Waals surface area contributed by atoms with Gasteiger partial charge in [-0.15, -0.1) is 0 Å². The Morgan fingerprint density at radius 1 is 1.00 bits per heavy atom. The van der Waals surface area contributed by atoms with Gasteiger partial charge in [0.15, 0.2) is 0 Å². The number of nitrogens with one attached hydrogen (secondary N) is 1. The molecule has 0 fully saturated rings. The van der Waals surface area contributed by atoms with Crippen LogP contribution in [-0.4, -0.2) is 26.8 Å². The monoisotopic (exact) mass is 361 g/mol. The average molecular weight is 361 g/mol. The normalized spacial score (nSPS) is 10.9. The Balaban J connectivity index is 2.13. The van der Waals surface area contributed by atoms with Crippen LogP contribution >= 0.6 is 0 Å². The molecule has 0 atom stereocenters. The number of anilines is 1. The molecule has 0 saturated heterocycles. The number of esters is 1. The Kier molecular flexibility index (Phi) is 6.30. The van der Waals surface area contributed by atoms with E-state index in [1.807, 2.05) is 0 Å². The highest BCUT2D eigenvalue weighted by atomic mass is 32.2. The van der Waals surface area contributed by atoms with Gasteiger partial charge in [-0.2, -0.15) is 0 Å². The molecule has 2 aromatic carbocycles. The number of carbonyl (C=O) groups excluding carboxylic acids is 2. The van der Waals surface area contributed by atoms with Crippen molar-refractivity contribution < 1.29 is 22.7 Å². The van der Waals surface area contributed by atoms with Gasteiger partial charge in [-0.05, 0) is 37.1 Å². The molecule has 1 N–H and O–H groups in total. The maximum atomic E-state index is 12.4. The molecule has 2 rings (SSSR count). The maximum absolute atomic E-state index is 12.4. The van der Waals surface area contributed by atoms with E-state index in [9.17, 15) is 18.0 Å². The highest BCUT2D eigenvalue weighted by Crippen LogP contribution is 2.21. The van der Waals surface area contributed by atoms with Gasteiger partial charge >= 0.3 is 5.97 Å². The van der Waals surface area contributed by atoms with E-state index < -0.39 is 21.8 Å². The summed E-state index contributed by atoms with van der Waals surface area (Å²) in [6, 6.07) is 14.8. The molecule has 25 heavy (non-hydrogen) atoms. The number of para-hydroxylation sites is 1. The topological polar surface area (TPSA) is 89.5 Å². The molecular formula is C18H19NO5S. The van der Waals surface area contributed by atoms with Gasteiger partial charge in [0.25, 0.3) is 10.0 Å². The molecule has 0 aliphatic heterocycles. The van der Waals surface area contributed by atoms with Crippen molar-refractivity contribution in [3.8, 4) is 0 Å². The summed E-state index contributed by atoms with van der Waals surface area (Å²) in [6.45, 7) is 1.76. The molecule has 132 valence electrons. The van der Waals surface area contributed by atoms with Crippen molar-refractivity contribution in [2.24, 2.45) is 0 Å². The van der Waals surface area contributed by atoms with Crippen LogP contribution in [0.15, 0.2) is 59.5 Å². The van der Waals surface area contributed by atoms with Crippen LogP contribution in [0.25, 0.3) is 0 Å². The van der Waals surface area contributed by atoms with Crippen LogP contribution < -0.4 is 4.72 Å². The van der Waals surface area contributed by atoms with E-state index in [2.05, 4.69) is 9.46 Å². The van der Waals surface area contributed by atoms with Gasteiger partial charge in [0, 0.05) is 6.42 Å². The lowest BCUT2D eigenvalue weighted by molar-refractivity contribution is -0.153. The van der Waals surface area contributed by atoms with Crippen molar-refractivity contribution >= 4 is 27.5 Å². The fourth-order valence-electron chi connectivity index (χ4n) is 2.20. The molecule has 0 aromatic heterocycles. The van der Waals surface area contributed by atoms with E-state index in [-0.39, 0.29) is 24.3 Å². The number of ether oxygens (including phenoxy) is 1. The van der Waals surface area contributed by atoms with Crippen LogP contribution in [0.5, 0.6) is 0 Å². The Labute approximate surface area is 146 Å². The summed E-state index contributed by atoms with van der Waals surface area (Å²) in [4.78, 5) is 23.2. The minimum atomic E-state index is -3.73. The predicted molar refractivity (Wildman–Crippen MR) is 93.7 cm³/mol. The van der Waals surface area contributed by atoms with Crippen molar-refractivity contribution in [3.05, 3.63) is 60.2 Å². The summed E-state index contributed by atoms with van der Waals surface area (Å²) < 4.78 is 32.1. The molecular weight excluding hydrogens is 342 g/mol. The van der Waals surface area contributed by atoms with Crippen LogP contribution in [0.4, 0.5) is 5.69 Å². The maximum Gasteiger partial charge on any atom is 0.374 e. The molecule has 0 aliphatic carbocycles. The van der Waals surface area contributed by atoms with Crippen molar-refractivity contribution in [2.75, 3.05) is 11.3 Å². The third kappa shape index (κ3) is 5.15. The number of rotatable bonds is 8. The summed E-state index contributed by atoms with van der Waals surface area (Å²) in [5.74, 6) is -1.51. The van der Waals surface area contributed by atoms with E-state index in [0.717, 1.165) is 0 Å². The summed E-state index contributed by atoms with van der Waals surface area (Å²) in [5, 5.41) is 0. The highest BCUT2D eigenvalue weighted by Gasteiger charge is 2.18. The third-order valence-electron chi connectivity index (χ3n) is 3.44. The Morgan fingerprint density at radius 3 is 2.32 bits per heavy atom. The van der Waals surface area contributed by atoms with Gasteiger partial charge in [0.05, 0.1) is 17.2 Å². The molecule has 7 heteroatoms. The van der Waals surface area contributed by atoms with Crippen molar-refractivity contribution in [1.29, 1.82) is 0 Å². The fourth-order valence-corrected chi connectivity index (χ4v) is 3.32. The molecule has 0 spiro atoms. The van der Waals surface area contributed by atoms with Crippen molar-refractivity contribution in [1.82, 2.24) is 0 Å². The molecule has 0 bridgehead atoms. The number of benzene rings is 2. The Hall–Kier alpha value is -2.67. The molecule has 0 radical (unpaired) electrons. The highest BCUT2D eigenvalue weighted by molar-refractivity contribution is 7.92. The van der Waals surface area contributed by atoms with Crippen LogP contribution in [0.1, 0.15) is 18.9 Å². The van der Waals surface area contributed by atoms with E-state index in [1.165, 1.54) is 12.1 Å². The zero-order valence-electron chi connectivity index (χ0n) is 13.8. The van der Waals surface area contributed by atoms with Crippen LogP contribution in [-0.2, 0) is 30.8 Å². The zero-order valence-corrected chi connectivity index (χ0v) is 14.6. The number of carbonyl (C=O) groups is 2. The summed E-state index contributed by atoms with van der Waals surface area (Å²) in [7, 11) is -3.73. The van der Waals surface area contributed by atoms with E-state index in [4.69, 9.17) is 0 Å². The molecule has 6 nitrogen and oxygen atoms in total. The fraction of sp³-hybridized carbons (Fsp3) is 0.222. The Morgan fingerprint density at radius 2 is 1.64 bits per heavy atom. The second-order valence-electron chi connectivity index (χ2n) is 5.22. The lowest BCUT2D eigenvalue weighted by atomic mass is 10.1. The number of ketones is 1. The largest absolute Gasteiger partial charge is 0.460 e. The number of hydrogen-bond acceptors (Lipinski definition) is 5. The van der Waals surface area contributed by atoms with E-state index in [1.54, 1.807) is 49.4 Å². The van der Waals surface area contributed by atoms with Gasteiger partial charge in [-0.1, -0.05) is 36.4 Å². The molecule has 0 saturated carbocycles. The quantitative estimate of drug-likeness (QED) is 0.576. The third-order valence-corrected chi connectivity index (χ3v) is 4.82. The minimum Gasteiger partial charge on any atom is -0.460 e. The first-order chi connectivity index (χ1) is 11.9. The minimum absolute atomic E-state index is 0.0527. The van der Waals surface area contributed by atoms with Gasteiger partial charge < -0.3 is 4.74 Å². The number of sulfonamides is 1. The summed E-state index contributed by atoms with van der Waals surface area (Å²) >= 11 is 0. The summed E-state index contributed by atoms with van der Waals surface area (Å²) in [5.41, 5.74) is 1.00. The summed E-state index contributed by atoms with van der Waals surface area (Å²) in [6.07, 6.45) is 0.175. The number of Topliss-reactive ketones (excluding diaryl/α,β-unsaturated/α-hetero) is 1. The molecule has 0 aliphatic rings. The Bertz CT molecular complexity index is 847. The second-order valence-corrected chi connectivity index (χ2v) is 6.90. The number of hydrogen-bond donors (Lipinski definition) is 1. The van der Waals surface area contributed by atoms with E-state index >= 15 is 0 Å². The lowest BCUT2D eigenvalue weighted by Crippen LogP contribution is -2.18. The van der Waals surface area contributed by atoms with Crippen LogP contribution in [0, 0.1) is 0 Å². The van der Waals surface area contributed by atoms with Gasteiger partial charge in [0.1, 0.15) is 0 Å². The second kappa shape index (κ2) is 8.43. The van der Waals surface area contributed by atoms with Crippen molar-refractivity contribution in [2.45, 2.75) is 24.7 Å². The average Bonchev–Trinajstić information content (AvgIpc) is 2.61. The SMILES string of the molecule is CCOC(=O)C(=O)CCc1ccccc1NS(=O)(=O)c1ccccc1. The van der Waals surface area contributed by atoms with Crippen molar-refractivity contribution in [3.63, 3.8) is 0 Å². The molecule has 2 aromatic rings. The smallest absolute Gasteiger partial charge is 0.374 e. The van der Waals surface area contributed by atoms with E-state index in [0.29, 0.717) is 11.3 Å². The zero-order chi connectivity index (χ0) is 18.3. The standard InChI is InChI=1S/C18H19NO5S/c1-2-24-18(21)17(20)13-12-14-8-6-7-11-16(14)19-25(22,23)15-9-4-3-5-10-15/h3-11,19H,2,12-13H2,1H3. The molecule has 0 amide bonds. The predicted octanol–water partition coefficient (Wildman–Crippen LogP) is 2.55. The number of aryl methyl sites for hydroxylation is 1. The van der Waals surface area contributed by atoms with Gasteiger partial charge in [-0.3, -0.25) is 9.52 Å². The lowest BCUT2D eigenvalue weighted by Gasteiger charge is -2.12.